The average Bonchev–Trinajstić information content (AvgIpc) is 3.12. The van der Waals surface area contributed by atoms with E-state index >= 15 is 0 Å². The molecular formula is C37H39N3O9. The summed E-state index contributed by atoms with van der Waals surface area (Å²) >= 11 is 0. The standard InChI is InChI=1S/C37H39N3O9/c41-32(38-21-19-33(42)43)18-20-39-36(45)34(40-37(46)49-25-28-14-8-3-9-15-28)35(44)29-16-17-30(47-23-26-10-4-1-5-11-26)31(22-29)48-24-27-12-6-2-7-13-27/h1-17,22,34-35,44H,18-21,23-25H2,(H,38,41)(H,39,45)(H,40,46)(H,42,43)/t34-,35+/m0/s1. The van der Waals surface area contributed by atoms with Gasteiger partial charge in [0, 0.05) is 19.5 Å². The summed E-state index contributed by atoms with van der Waals surface area (Å²) in [6, 6.07) is 31.2. The molecule has 0 bridgehead atoms. The number of hydrogen-bond acceptors (Lipinski definition) is 8. The van der Waals surface area contributed by atoms with Gasteiger partial charge in [-0.1, -0.05) is 97.1 Å². The van der Waals surface area contributed by atoms with Gasteiger partial charge in [0.25, 0.3) is 0 Å². The van der Waals surface area contributed by atoms with E-state index in [0.29, 0.717) is 11.5 Å². The van der Waals surface area contributed by atoms with E-state index in [2.05, 4.69) is 16.0 Å². The maximum absolute atomic E-state index is 13.4. The fourth-order valence-corrected chi connectivity index (χ4v) is 4.59. The van der Waals surface area contributed by atoms with Gasteiger partial charge in [0.2, 0.25) is 11.8 Å². The molecule has 12 nitrogen and oxygen atoms in total. The Morgan fingerprint density at radius 1 is 0.633 bits per heavy atom. The number of aliphatic hydroxyl groups excluding tert-OH is 1. The number of alkyl carbamates (subject to hydrolysis) is 1. The van der Waals surface area contributed by atoms with Crippen molar-refractivity contribution >= 4 is 23.9 Å². The number of benzene rings is 4. The Morgan fingerprint density at radius 2 is 1.16 bits per heavy atom. The predicted octanol–water partition coefficient (Wildman–Crippen LogP) is 4.27. The fraction of sp³-hybridized carbons (Fsp3) is 0.243. The number of aliphatic hydroxyl groups is 1. The molecule has 0 aliphatic carbocycles. The highest BCUT2D eigenvalue weighted by Crippen LogP contribution is 2.33. The number of hydrogen-bond donors (Lipinski definition) is 5. The van der Waals surface area contributed by atoms with Crippen LogP contribution in [0.25, 0.3) is 0 Å². The Labute approximate surface area is 284 Å². The molecule has 0 aromatic heterocycles. The van der Waals surface area contributed by atoms with Crippen LogP contribution in [-0.4, -0.2) is 53.2 Å². The van der Waals surface area contributed by atoms with Crippen LogP contribution >= 0.6 is 0 Å². The Morgan fingerprint density at radius 3 is 1.73 bits per heavy atom. The van der Waals surface area contributed by atoms with Crippen molar-refractivity contribution < 1.29 is 43.6 Å². The second-order valence-electron chi connectivity index (χ2n) is 10.9. The van der Waals surface area contributed by atoms with Crippen LogP contribution < -0.4 is 25.4 Å². The summed E-state index contributed by atoms with van der Waals surface area (Å²) in [5.74, 6) is -1.60. The van der Waals surface area contributed by atoms with Gasteiger partial charge >= 0.3 is 12.1 Å². The van der Waals surface area contributed by atoms with Gasteiger partial charge in [0.15, 0.2) is 11.5 Å². The Balaban J connectivity index is 1.51. The van der Waals surface area contributed by atoms with E-state index in [0.717, 1.165) is 16.7 Å². The number of nitrogens with one attached hydrogen (secondary N) is 3. The van der Waals surface area contributed by atoms with Gasteiger partial charge in [-0.3, -0.25) is 14.4 Å². The normalized spacial score (nSPS) is 11.8. The van der Waals surface area contributed by atoms with Crippen molar-refractivity contribution in [2.45, 2.75) is 44.8 Å². The summed E-state index contributed by atoms with van der Waals surface area (Å²) in [7, 11) is 0. The molecule has 0 fully saturated rings. The summed E-state index contributed by atoms with van der Waals surface area (Å²) in [6.45, 7) is 0.189. The van der Waals surface area contributed by atoms with Crippen LogP contribution in [0.5, 0.6) is 11.5 Å². The quantitative estimate of drug-likeness (QED) is 0.104. The molecule has 4 aromatic rings. The number of rotatable bonds is 18. The molecule has 0 radical (unpaired) electrons. The lowest BCUT2D eigenvalue weighted by Gasteiger charge is -2.24. The number of aliphatic carboxylic acids is 1. The zero-order valence-corrected chi connectivity index (χ0v) is 26.7. The van der Waals surface area contributed by atoms with Gasteiger partial charge in [-0.25, -0.2) is 4.79 Å². The van der Waals surface area contributed by atoms with Crippen LogP contribution in [0.1, 0.15) is 41.2 Å². The van der Waals surface area contributed by atoms with Crippen LogP contribution in [-0.2, 0) is 38.9 Å². The van der Waals surface area contributed by atoms with Gasteiger partial charge < -0.3 is 40.4 Å². The van der Waals surface area contributed by atoms with E-state index in [1.807, 2.05) is 66.7 Å². The van der Waals surface area contributed by atoms with E-state index in [1.54, 1.807) is 42.5 Å². The summed E-state index contributed by atoms with van der Waals surface area (Å²) in [4.78, 5) is 49.0. The highest BCUT2D eigenvalue weighted by atomic mass is 16.5. The predicted molar refractivity (Wildman–Crippen MR) is 179 cm³/mol. The third-order valence-electron chi connectivity index (χ3n) is 7.18. The van der Waals surface area contributed by atoms with Crippen molar-refractivity contribution in [1.29, 1.82) is 0 Å². The molecule has 0 saturated carbocycles. The van der Waals surface area contributed by atoms with Gasteiger partial charge in [-0.2, -0.15) is 0 Å². The van der Waals surface area contributed by atoms with Gasteiger partial charge in [0.05, 0.1) is 6.42 Å². The number of amides is 3. The molecule has 49 heavy (non-hydrogen) atoms. The lowest BCUT2D eigenvalue weighted by Crippen LogP contribution is -2.50. The van der Waals surface area contributed by atoms with Crippen LogP contribution in [0.2, 0.25) is 0 Å². The first-order chi connectivity index (χ1) is 23.8. The largest absolute Gasteiger partial charge is 0.485 e. The zero-order chi connectivity index (χ0) is 34.8. The highest BCUT2D eigenvalue weighted by molar-refractivity contribution is 5.87. The molecule has 4 aromatic carbocycles. The second-order valence-corrected chi connectivity index (χ2v) is 10.9. The molecule has 0 saturated heterocycles. The van der Waals surface area contributed by atoms with E-state index in [9.17, 15) is 24.3 Å². The number of carbonyl (C=O) groups is 4. The molecule has 0 spiro atoms. The van der Waals surface area contributed by atoms with Crippen LogP contribution in [0, 0.1) is 0 Å². The minimum absolute atomic E-state index is 0.0575. The molecule has 5 N–H and O–H groups in total. The van der Waals surface area contributed by atoms with Crippen molar-refractivity contribution in [2.24, 2.45) is 0 Å². The Bertz CT molecular complexity index is 1650. The first kappa shape index (κ1) is 36.0. The Kier molecular flexibility index (Phi) is 14.0. The summed E-state index contributed by atoms with van der Waals surface area (Å²) < 4.78 is 17.5. The lowest BCUT2D eigenvalue weighted by molar-refractivity contribution is -0.137. The summed E-state index contributed by atoms with van der Waals surface area (Å²) in [5.41, 5.74) is 2.80. The third-order valence-corrected chi connectivity index (χ3v) is 7.18. The van der Waals surface area contributed by atoms with Crippen molar-refractivity contribution in [3.8, 4) is 11.5 Å². The highest BCUT2D eigenvalue weighted by Gasteiger charge is 2.31. The maximum Gasteiger partial charge on any atom is 0.408 e. The van der Waals surface area contributed by atoms with Crippen LogP contribution in [0.3, 0.4) is 0 Å². The number of carboxylic acids is 1. The average molecular weight is 670 g/mol. The lowest BCUT2D eigenvalue weighted by atomic mass is 10.0. The first-order valence-electron chi connectivity index (χ1n) is 15.7. The van der Waals surface area contributed by atoms with Crippen molar-refractivity contribution in [3.63, 3.8) is 0 Å². The minimum atomic E-state index is -1.57. The molecule has 0 unspecified atom stereocenters. The number of carbonyl (C=O) groups excluding carboxylic acids is 3. The van der Waals surface area contributed by atoms with Gasteiger partial charge in [-0.15, -0.1) is 0 Å². The second kappa shape index (κ2) is 19.1. The topological polar surface area (TPSA) is 173 Å². The smallest absolute Gasteiger partial charge is 0.408 e. The molecular weight excluding hydrogens is 630 g/mol. The molecule has 256 valence electrons. The zero-order valence-electron chi connectivity index (χ0n) is 26.7. The third kappa shape index (κ3) is 12.3. The Hall–Kier alpha value is -5.88. The van der Waals surface area contributed by atoms with Crippen LogP contribution in [0.4, 0.5) is 4.79 Å². The molecule has 12 heteroatoms. The van der Waals surface area contributed by atoms with E-state index in [4.69, 9.17) is 19.3 Å². The fourth-order valence-electron chi connectivity index (χ4n) is 4.59. The first-order valence-corrected chi connectivity index (χ1v) is 15.7. The van der Waals surface area contributed by atoms with E-state index in [-0.39, 0.29) is 51.3 Å². The molecule has 0 aliphatic rings. The number of carboxylic acid groups (broad SMARTS) is 1. The molecule has 0 heterocycles. The minimum Gasteiger partial charge on any atom is -0.485 e. The monoisotopic (exact) mass is 669 g/mol. The molecule has 4 rings (SSSR count). The van der Waals surface area contributed by atoms with Crippen molar-refractivity contribution in [3.05, 3.63) is 131 Å². The van der Waals surface area contributed by atoms with E-state index < -0.39 is 36.0 Å². The summed E-state index contributed by atoms with van der Waals surface area (Å²) in [6.07, 6.45) is -2.92. The maximum atomic E-state index is 13.4. The number of ether oxygens (including phenoxy) is 3. The molecule has 0 aliphatic heterocycles. The molecule has 2 atom stereocenters. The van der Waals surface area contributed by atoms with Crippen molar-refractivity contribution in [1.82, 2.24) is 16.0 Å². The van der Waals surface area contributed by atoms with Crippen LogP contribution in [0.15, 0.2) is 109 Å². The SMILES string of the molecule is O=C(O)CCNC(=O)CCNC(=O)[C@@H](NC(=O)OCc1ccccc1)[C@H](O)c1ccc(OCc2ccccc2)c(OCc2ccccc2)c1. The summed E-state index contributed by atoms with van der Waals surface area (Å²) in [5, 5.41) is 27.7. The van der Waals surface area contributed by atoms with Gasteiger partial charge in [-0.05, 0) is 34.4 Å². The molecule has 3 amide bonds. The van der Waals surface area contributed by atoms with Crippen molar-refractivity contribution in [2.75, 3.05) is 13.1 Å². The van der Waals surface area contributed by atoms with E-state index in [1.165, 1.54) is 0 Å². The van der Waals surface area contributed by atoms with Gasteiger partial charge in [0.1, 0.15) is 32.0 Å².